The van der Waals surface area contributed by atoms with Crippen LogP contribution in [0.5, 0.6) is 5.75 Å². The standard InChI is InChI=1S/C17H16Cl2N2O3/c1-17(2,24-12-9-7-11(18)8-10-12)16(23)21-20-15(22)13-5-3-4-6-14(13)19/h3-10H,1-2H3,(H,20,22)(H,21,23). The van der Waals surface area contributed by atoms with Gasteiger partial charge in [-0.1, -0.05) is 35.3 Å². The molecule has 7 heteroatoms. The minimum Gasteiger partial charge on any atom is -0.478 e. The fourth-order valence-electron chi connectivity index (χ4n) is 1.82. The number of ether oxygens (including phenoxy) is 1. The van der Waals surface area contributed by atoms with Crippen LogP contribution in [0, 0.1) is 0 Å². The van der Waals surface area contributed by atoms with E-state index in [0.717, 1.165) is 0 Å². The number of hydrazine groups is 1. The minimum absolute atomic E-state index is 0.260. The van der Waals surface area contributed by atoms with Crippen LogP contribution in [0.25, 0.3) is 0 Å². The van der Waals surface area contributed by atoms with E-state index < -0.39 is 17.4 Å². The summed E-state index contributed by atoms with van der Waals surface area (Å²) in [6.45, 7) is 3.16. The zero-order valence-electron chi connectivity index (χ0n) is 13.1. The van der Waals surface area contributed by atoms with E-state index in [1.807, 2.05) is 0 Å². The first kappa shape index (κ1) is 18.1. The normalized spacial score (nSPS) is 10.8. The van der Waals surface area contributed by atoms with Gasteiger partial charge >= 0.3 is 0 Å². The van der Waals surface area contributed by atoms with Gasteiger partial charge in [0, 0.05) is 5.02 Å². The summed E-state index contributed by atoms with van der Waals surface area (Å²) in [6.07, 6.45) is 0. The van der Waals surface area contributed by atoms with Gasteiger partial charge in [-0.25, -0.2) is 0 Å². The van der Waals surface area contributed by atoms with Crippen molar-refractivity contribution in [2.75, 3.05) is 0 Å². The summed E-state index contributed by atoms with van der Waals surface area (Å²) in [5.41, 5.74) is 3.70. The van der Waals surface area contributed by atoms with Gasteiger partial charge < -0.3 is 4.74 Å². The van der Waals surface area contributed by atoms with Gasteiger partial charge in [-0.3, -0.25) is 20.4 Å². The van der Waals surface area contributed by atoms with Crippen LogP contribution in [0.4, 0.5) is 0 Å². The highest BCUT2D eigenvalue weighted by atomic mass is 35.5. The first-order valence-corrected chi connectivity index (χ1v) is 7.85. The summed E-state index contributed by atoms with van der Waals surface area (Å²) in [7, 11) is 0. The van der Waals surface area contributed by atoms with E-state index in [1.165, 1.54) is 0 Å². The molecule has 0 radical (unpaired) electrons. The van der Waals surface area contributed by atoms with E-state index in [2.05, 4.69) is 10.9 Å². The molecule has 0 saturated carbocycles. The lowest BCUT2D eigenvalue weighted by Gasteiger charge is -2.25. The Hall–Kier alpha value is -2.24. The van der Waals surface area contributed by atoms with E-state index in [9.17, 15) is 9.59 Å². The van der Waals surface area contributed by atoms with Gasteiger partial charge in [0.2, 0.25) is 0 Å². The number of hydrogen-bond donors (Lipinski definition) is 2. The van der Waals surface area contributed by atoms with Crippen molar-refractivity contribution in [2.24, 2.45) is 0 Å². The highest BCUT2D eigenvalue weighted by molar-refractivity contribution is 6.33. The zero-order valence-corrected chi connectivity index (χ0v) is 14.6. The molecule has 2 aromatic carbocycles. The molecule has 0 aliphatic heterocycles. The lowest BCUT2D eigenvalue weighted by atomic mass is 10.1. The largest absolute Gasteiger partial charge is 0.478 e. The molecule has 0 spiro atoms. The first-order valence-electron chi connectivity index (χ1n) is 7.09. The van der Waals surface area contributed by atoms with Crippen LogP contribution in [-0.4, -0.2) is 17.4 Å². The van der Waals surface area contributed by atoms with Crippen LogP contribution in [0.1, 0.15) is 24.2 Å². The smallest absolute Gasteiger partial charge is 0.281 e. The average Bonchev–Trinajstić information content (AvgIpc) is 2.54. The second-order valence-corrected chi connectivity index (χ2v) is 6.30. The fourth-order valence-corrected chi connectivity index (χ4v) is 2.17. The summed E-state index contributed by atoms with van der Waals surface area (Å²) in [5.74, 6) is -0.550. The Morgan fingerprint density at radius 2 is 1.58 bits per heavy atom. The number of halogens is 2. The third-order valence-electron chi connectivity index (χ3n) is 3.14. The summed E-state index contributed by atoms with van der Waals surface area (Å²) in [5, 5.41) is 0.859. The van der Waals surface area contributed by atoms with Gasteiger partial charge in [0.25, 0.3) is 11.8 Å². The van der Waals surface area contributed by atoms with Gasteiger partial charge in [0.1, 0.15) is 5.75 Å². The van der Waals surface area contributed by atoms with Crippen LogP contribution in [0.3, 0.4) is 0 Å². The summed E-state index contributed by atoms with van der Waals surface area (Å²) in [4.78, 5) is 24.3. The number of carbonyl (C=O) groups is 2. The maximum Gasteiger partial charge on any atom is 0.281 e. The molecule has 0 aliphatic rings. The monoisotopic (exact) mass is 366 g/mol. The van der Waals surface area contributed by atoms with Crippen LogP contribution >= 0.6 is 23.2 Å². The molecular weight excluding hydrogens is 351 g/mol. The van der Waals surface area contributed by atoms with Crippen molar-refractivity contribution in [1.29, 1.82) is 0 Å². The molecule has 2 aromatic rings. The minimum atomic E-state index is -1.21. The van der Waals surface area contributed by atoms with E-state index in [0.29, 0.717) is 15.8 Å². The molecule has 0 heterocycles. The third kappa shape index (κ3) is 4.63. The van der Waals surface area contributed by atoms with Crippen molar-refractivity contribution < 1.29 is 14.3 Å². The predicted molar refractivity (Wildman–Crippen MR) is 93.2 cm³/mol. The van der Waals surface area contributed by atoms with Crippen LogP contribution in [0.15, 0.2) is 48.5 Å². The van der Waals surface area contributed by atoms with Gasteiger partial charge in [-0.2, -0.15) is 0 Å². The molecule has 24 heavy (non-hydrogen) atoms. The molecule has 0 fully saturated rings. The van der Waals surface area contributed by atoms with Crippen molar-refractivity contribution in [2.45, 2.75) is 19.4 Å². The second kappa shape index (κ2) is 7.55. The Bertz CT molecular complexity index is 746. The fraction of sp³-hybridized carbons (Fsp3) is 0.176. The van der Waals surface area contributed by atoms with E-state index in [1.54, 1.807) is 62.4 Å². The lowest BCUT2D eigenvalue weighted by molar-refractivity contribution is -0.135. The first-order chi connectivity index (χ1) is 11.3. The Morgan fingerprint density at radius 1 is 0.958 bits per heavy atom. The average molecular weight is 367 g/mol. The number of rotatable bonds is 4. The number of nitrogens with one attached hydrogen (secondary N) is 2. The van der Waals surface area contributed by atoms with Crippen LogP contribution in [0.2, 0.25) is 10.0 Å². The van der Waals surface area contributed by atoms with Gasteiger partial charge in [-0.05, 0) is 50.2 Å². The predicted octanol–water partition coefficient (Wildman–Crippen LogP) is 3.61. The van der Waals surface area contributed by atoms with Crippen molar-refractivity contribution in [1.82, 2.24) is 10.9 Å². The molecule has 126 valence electrons. The number of hydrogen-bond acceptors (Lipinski definition) is 3. The van der Waals surface area contributed by atoms with Gasteiger partial charge in [-0.15, -0.1) is 0 Å². The third-order valence-corrected chi connectivity index (χ3v) is 3.72. The quantitative estimate of drug-likeness (QED) is 0.812. The summed E-state index contributed by atoms with van der Waals surface area (Å²) < 4.78 is 5.63. The Balaban J connectivity index is 1.96. The molecule has 0 aliphatic carbocycles. The Morgan fingerprint density at radius 3 is 2.21 bits per heavy atom. The van der Waals surface area contributed by atoms with Gasteiger partial charge in [0.05, 0.1) is 10.6 Å². The van der Waals surface area contributed by atoms with E-state index in [-0.39, 0.29) is 5.56 Å². The van der Waals surface area contributed by atoms with E-state index >= 15 is 0 Å². The molecule has 5 nitrogen and oxygen atoms in total. The Labute approximate surface area is 149 Å². The van der Waals surface area contributed by atoms with Crippen molar-refractivity contribution in [3.05, 3.63) is 64.1 Å². The highest BCUT2D eigenvalue weighted by Gasteiger charge is 2.30. The van der Waals surface area contributed by atoms with E-state index in [4.69, 9.17) is 27.9 Å². The SMILES string of the molecule is CC(C)(Oc1ccc(Cl)cc1)C(=O)NNC(=O)c1ccccc1Cl. The number of benzene rings is 2. The van der Waals surface area contributed by atoms with Crippen molar-refractivity contribution in [3.63, 3.8) is 0 Å². The van der Waals surface area contributed by atoms with Crippen LogP contribution in [-0.2, 0) is 4.79 Å². The van der Waals surface area contributed by atoms with Crippen molar-refractivity contribution >= 4 is 35.0 Å². The summed E-state index contributed by atoms with van der Waals surface area (Å²) in [6, 6.07) is 13.1. The maximum absolute atomic E-state index is 12.2. The lowest BCUT2D eigenvalue weighted by Crippen LogP contribution is -2.53. The maximum atomic E-state index is 12.2. The molecule has 0 aromatic heterocycles. The molecule has 0 unspecified atom stereocenters. The van der Waals surface area contributed by atoms with Crippen LogP contribution < -0.4 is 15.6 Å². The molecule has 2 rings (SSSR count). The molecular formula is C17H16Cl2N2O3. The summed E-state index contributed by atoms with van der Waals surface area (Å²) >= 11 is 11.7. The number of amides is 2. The molecule has 0 bridgehead atoms. The van der Waals surface area contributed by atoms with Crippen molar-refractivity contribution in [3.8, 4) is 5.75 Å². The Kier molecular flexibility index (Phi) is 5.70. The number of carbonyl (C=O) groups excluding carboxylic acids is 2. The highest BCUT2D eigenvalue weighted by Crippen LogP contribution is 2.21. The molecule has 0 atom stereocenters. The zero-order chi connectivity index (χ0) is 17.7. The molecule has 0 saturated heterocycles. The van der Waals surface area contributed by atoms with Gasteiger partial charge in [0.15, 0.2) is 5.60 Å². The second-order valence-electron chi connectivity index (χ2n) is 5.45. The topological polar surface area (TPSA) is 67.4 Å². The molecule has 2 amide bonds. The molecule has 2 N–H and O–H groups in total.